The predicted molar refractivity (Wildman–Crippen MR) is 113 cm³/mol. The number of nitrogens with zero attached hydrogens (tertiary/aromatic N) is 2. The number of aromatic nitrogens is 2. The summed E-state index contributed by atoms with van der Waals surface area (Å²) in [5.41, 5.74) is 5.18. The van der Waals surface area contributed by atoms with Crippen LogP contribution < -0.4 is 5.32 Å². The summed E-state index contributed by atoms with van der Waals surface area (Å²) in [5.74, 6) is 0.120. The lowest BCUT2D eigenvalue weighted by Gasteiger charge is -2.14. The van der Waals surface area contributed by atoms with E-state index in [2.05, 4.69) is 10.4 Å². The van der Waals surface area contributed by atoms with Gasteiger partial charge in [-0.05, 0) is 43.0 Å². The highest BCUT2D eigenvalue weighted by molar-refractivity contribution is 7.90. The van der Waals surface area contributed by atoms with E-state index in [0.717, 1.165) is 22.4 Å². The van der Waals surface area contributed by atoms with Gasteiger partial charge in [0.2, 0.25) is 5.91 Å². The van der Waals surface area contributed by atoms with Crippen molar-refractivity contribution in [3.05, 3.63) is 76.5 Å². The van der Waals surface area contributed by atoms with Gasteiger partial charge in [0, 0.05) is 12.0 Å². The topological polar surface area (TPSA) is 81.1 Å². The first-order valence-corrected chi connectivity index (χ1v) is 11.4. The zero-order valence-corrected chi connectivity index (χ0v) is 17.3. The Morgan fingerprint density at radius 3 is 2.59 bits per heavy atom. The fraction of sp³-hybridized carbons (Fsp3) is 0.273. The number of carbonyl (C=O) groups is 1. The van der Waals surface area contributed by atoms with Crippen LogP contribution in [0.4, 0.5) is 5.82 Å². The molecule has 3 aromatic rings. The minimum absolute atomic E-state index is 0.0902. The van der Waals surface area contributed by atoms with Crippen LogP contribution in [0.2, 0.25) is 0 Å². The molecule has 150 valence electrons. The normalized spacial score (nSPS) is 14.6. The highest BCUT2D eigenvalue weighted by atomic mass is 32.2. The predicted octanol–water partition coefficient (Wildman–Crippen LogP) is 3.49. The van der Waals surface area contributed by atoms with Crippen LogP contribution in [-0.4, -0.2) is 24.1 Å². The molecule has 7 heteroatoms. The van der Waals surface area contributed by atoms with Gasteiger partial charge in [0.25, 0.3) is 0 Å². The number of rotatable bonds is 5. The van der Waals surface area contributed by atoms with Crippen LogP contribution in [0.25, 0.3) is 5.69 Å². The van der Waals surface area contributed by atoms with E-state index in [9.17, 15) is 13.2 Å². The molecule has 6 nitrogen and oxygen atoms in total. The summed E-state index contributed by atoms with van der Waals surface area (Å²) < 4.78 is 25.9. The number of hydrogen-bond donors (Lipinski definition) is 1. The molecule has 0 unspecified atom stereocenters. The molecule has 1 amide bonds. The second kappa shape index (κ2) is 7.48. The molecule has 0 saturated heterocycles. The number of carbonyl (C=O) groups excluding carboxylic acids is 1. The molecule has 1 aromatic heterocycles. The van der Waals surface area contributed by atoms with Gasteiger partial charge in [-0.1, -0.05) is 42.5 Å². The lowest BCUT2D eigenvalue weighted by atomic mass is 10.1. The number of sulfone groups is 1. The van der Waals surface area contributed by atoms with Gasteiger partial charge >= 0.3 is 0 Å². The van der Waals surface area contributed by atoms with Crippen LogP contribution in [0.1, 0.15) is 34.4 Å². The molecule has 4 rings (SSSR count). The van der Waals surface area contributed by atoms with E-state index in [1.54, 1.807) is 4.68 Å². The van der Waals surface area contributed by atoms with Crippen molar-refractivity contribution in [2.45, 2.75) is 38.2 Å². The summed E-state index contributed by atoms with van der Waals surface area (Å²) in [6, 6.07) is 15.7. The summed E-state index contributed by atoms with van der Waals surface area (Å²) >= 11 is 0. The standard InChI is InChI=1S/C22H23N3O3S/c1-15-7-6-10-20(16(15)2)25-22(18-13-29(27,28)14-19(18)24-25)23-21(26)12-11-17-8-4-3-5-9-17/h3-10H,11-14H2,1-2H3,(H,23,26). The summed E-state index contributed by atoms with van der Waals surface area (Å²) in [5, 5.41) is 7.49. The van der Waals surface area contributed by atoms with Crippen LogP contribution >= 0.6 is 0 Å². The van der Waals surface area contributed by atoms with Crippen LogP contribution in [0, 0.1) is 13.8 Å². The Bertz CT molecular complexity index is 1180. The first-order valence-electron chi connectivity index (χ1n) is 9.55. The average molecular weight is 410 g/mol. The van der Waals surface area contributed by atoms with Gasteiger partial charge in [-0.3, -0.25) is 4.79 Å². The van der Waals surface area contributed by atoms with Crippen molar-refractivity contribution in [2.24, 2.45) is 0 Å². The number of anilines is 1. The molecule has 0 fully saturated rings. The molecule has 2 heterocycles. The van der Waals surface area contributed by atoms with Crippen LogP contribution in [-0.2, 0) is 32.6 Å². The molecule has 0 bridgehead atoms. The Morgan fingerprint density at radius 2 is 1.83 bits per heavy atom. The van der Waals surface area contributed by atoms with Gasteiger partial charge in [-0.2, -0.15) is 5.10 Å². The Kier molecular flexibility index (Phi) is 5.00. The average Bonchev–Trinajstić information content (AvgIpc) is 3.15. The molecule has 0 saturated carbocycles. The van der Waals surface area contributed by atoms with E-state index < -0.39 is 9.84 Å². The molecule has 1 N–H and O–H groups in total. The monoisotopic (exact) mass is 409 g/mol. The van der Waals surface area contributed by atoms with E-state index in [4.69, 9.17) is 0 Å². The molecule has 1 aliphatic heterocycles. The van der Waals surface area contributed by atoms with Crippen molar-refractivity contribution < 1.29 is 13.2 Å². The van der Waals surface area contributed by atoms with E-state index in [-0.39, 0.29) is 17.4 Å². The Balaban J connectivity index is 1.66. The summed E-state index contributed by atoms with van der Waals surface area (Å²) in [6.45, 7) is 4.01. The first-order chi connectivity index (χ1) is 13.8. The Morgan fingerprint density at radius 1 is 1.07 bits per heavy atom. The van der Waals surface area contributed by atoms with E-state index in [1.807, 2.05) is 62.4 Å². The number of amides is 1. The van der Waals surface area contributed by atoms with Gasteiger partial charge in [-0.15, -0.1) is 0 Å². The van der Waals surface area contributed by atoms with Crippen molar-refractivity contribution in [3.63, 3.8) is 0 Å². The zero-order valence-electron chi connectivity index (χ0n) is 16.5. The molecule has 0 atom stereocenters. The fourth-order valence-corrected chi connectivity index (χ4v) is 5.10. The summed E-state index contributed by atoms with van der Waals surface area (Å²) in [4.78, 5) is 12.7. The minimum Gasteiger partial charge on any atom is -0.310 e. The second-order valence-corrected chi connectivity index (χ2v) is 9.54. The van der Waals surface area contributed by atoms with E-state index in [1.165, 1.54) is 0 Å². The highest BCUT2D eigenvalue weighted by Crippen LogP contribution is 2.34. The number of hydrogen-bond acceptors (Lipinski definition) is 4. The van der Waals surface area contributed by atoms with Gasteiger partial charge in [0.05, 0.1) is 22.9 Å². The van der Waals surface area contributed by atoms with Crippen molar-refractivity contribution in [2.75, 3.05) is 5.32 Å². The minimum atomic E-state index is -3.22. The third-order valence-corrected chi connectivity index (χ3v) is 6.77. The summed E-state index contributed by atoms with van der Waals surface area (Å²) in [6.07, 6.45) is 0.925. The largest absolute Gasteiger partial charge is 0.310 e. The smallest absolute Gasteiger partial charge is 0.225 e. The first kappa shape index (κ1) is 19.4. The quantitative estimate of drug-likeness (QED) is 0.699. The molecule has 2 aromatic carbocycles. The van der Waals surface area contributed by atoms with Crippen molar-refractivity contribution in [1.82, 2.24) is 9.78 Å². The molecular formula is C22H23N3O3S. The number of nitrogens with one attached hydrogen (secondary N) is 1. The molecule has 0 radical (unpaired) electrons. The van der Waals surface area contributed by atoms with Gasteiger partial charge < -0.3 is 5.32 Å². The molecular weight excluding hydrogens is 386 g/mol. The number of fused-ring (bicyclic) bond motifs is 1. The van der Waals surface area contributed by atoms with Gasteiger partial charge in [0.1, 0.15) is 5.82 Å². The van der Waals surface area contributed by atoms with Crippen molar-refractivity contribution in [3.8, 4) is 5.69 Å². The lowest BCUT2D eigenvalue weighted by Crippen LogP contribution is -2.17. The van der Waals surface area contributed by atoms with Crippen molar-refractivity contribution in [1.29, 1.82) is 0 Å². The Hall–Kier alpha value is -2.93. The SMILES string of the molecule is Cc1cccc(-n2nc3c(c2NC(=O)CCc2ccccc2)CS(=O)(=O)C3)c1C. The number of benzene rings is 2. The number of aryl methyl sites for hydroxylation is 2. The van der Waals surface area contributed by atoms with Gasteiger partial charge in [-0.25, -0.2) is 13.1 Å². The Labute approximate surface area is 170 Å². The molecule has 29 heavy (non-hydrogen) atoms. The van der Waals surface area contributed by atoms with Crippen LogP contribution in [0.5, 0.6) is 0 Å². The van der Waals surface area contributed by atoms with Crippen LogP contribution in [0.15, 0.2) is 48.5 Å². The summed E-state index contributed by atoms with van der Waals surface area (Å²) in [7, 11) is -3.22. The third kappa shape index (κ3) is 3.96. The second-order valence-electron chi connectivity index (χ2n) is 7.47. The lowest BCUT2D eigenvalue weighted by molar-refractivity contribution is -0.116. The third-order valence-electron chi connectivity index (χ3n) is 5.33. The molecule has 1 aliphatic rings. The zero-order chi connectivity index (χ0) is 20.6. The maximum absolute atomic E-state index is 12.7. The maximum Gasteiger partial charge on any atom is 0.225 e. The molecule has 0 spiro atoms. The van der Waals surface area contributed by atoms with Crippen molar-refractivity contribution >= 4 is 21.6 Å². The maximum atomic E-state index is 12.7. The molecule has 0 aliphatic carbocycles. The van der Waals surface area contributed by atoms with Crippen LogP contribution in [0.3, 0.4) is 0 Å². The van der Waals surface area contributed by atoms with Gasteiger partial charge in [0.15, 0.2) is 9.84 Å². The fourth-order valence-electron chi connectivity index (χ4n) is 3.61. The van der Waals surface area contributed by atoms with E-state index in [0.29, 0.717) is 29.9 Å². The highest BCUT2D eigenvalue weighted by Gasteiger charge is 2.33. The van der Waals surface area contributed by atoms with E-state index >= 15 is 0 Å².